The molecule has 1 N–H and O–H groups in total. The van der Waals surface area contributed by atoms with Gasteiger partial charge in [0.25, 0.3) is 0 Å². The summed E-state index contributed by atoms with van der Waals surface area (Å²) in [5.41, 5.74) is 2.45. The van der Waals surface area contributed by atoms with Crippen LogP contribution in [0.3, 0.4) is 0 Å². The van der Waals surface area contributed by atoms with Crippen LogP contribution in [0.2, 0.25) is 5.02 Å². The molecule has 0 radical (unpaired) electrons. The smallest absolute Gasteiger partial charge is 0.231 e. The molecule has 1 aliphatic heterocycles. The molecule has 29 heavy (non-hydrogen) atoms. The predicted octanol–water partition coefficient (Wildman–Crippen LogP) is 3.81. The van der Waals surface area contributed by atoms with E-state index >= 15 is 0 Å². The van der Waals surface area contributed by atoms with Crippen LogP contribution in [0.1, 0.15) is 31.0 Å². The van der Waals surface area contributed by atoms with E-state index in [4.69, 9.17) is 11.6 Å². The largest absolute Gasteiger partial charge is 0.370 e. The quantitative estimate of drug-likeness (QED) is 0.712. The normalized spacial score (nSPS) is 15.9. The summed E-state index contributed by atoms with van der Waals surface area (Å²) in [7, 11) is 0. The molecule has 0 saturated carbocycles. The van der Waals surface area contributed by atoms with E-state index in [1.165, 1.54) is 0 Å². The van der Waals surface area contributed by atoms with Gasteiger partial charge in [-0.15, -0.1) is 0 Å². The number of nitrogens with zero attached hydrogens (tertiary/aromatic N) is 5. The minimum Gasteiger partial charge on any atom is -0.370 e. The fourth-order valence-electron chi connectivity index (χ4n) is 3.71. The summed E-state index contributed by atoms with van der Waals surface area (Å²) in [5.74, 6) is 0.579. The third-order valence-corrected chi connectivity index (χ3v) is 5.79. The van der Waals surface area contributed by atoms with E-state index in [0.29, 0.717) is 48.0 Å². The Kier molecular flexibility index (Phi) is 4.89. The van der Waals surface area contributed by atoms with Gasteiger partial charge in [-0.3, -0.25) is 4.79 Å². The van der Waals surface area contributed by atoms with Crippen LogP contribution >= 0.6 is 11.6 Å². The standard InChI is InChI=1S/C21H21ClN6O/c1-14-11-19-24-8-5-18(28(19)26-14)25-20(29)21(2)6-9-27(10-7-21)17-4-3-16(22)12-15(17)13-23/h3-5,8,11-12H,6-7,9-10H2,1-2H3,(H,25,29). The Balaban J connectivity index is 1.49. The zero-order chi connectivity index (χ0) is 20.6. The first-order valence-corrected chi connectivity index (χ1v) is 9.85. The van der Waals surface area contributed by atoms with Crippen LogP contribution in [0.4, 0.5) is 11.5 Å². The molecule has 1 saturated heterocycles. The van der Waals surface area contributed by atoms with Crippen LogP contribution in [0.15, 0.2) is 36.5 Å². The molecular weight excluding hydrogens is 388 g/mol. The Hall–Kier alpha value is -3.11. The average Bonchev–Trinajstić information content (AvgIpc) is 3.10. The molecule has 0 aliphatic carbocycles. The number of rotatable bonds is 3. The molecule has 0 unspecified atom stereocenters. The molecule has 148 valence electrons. The second-order valence-corrected chi connectivity index (χ2v) is 8.10. The van der Waals surface area contributed by atoms with Crippen LogP contribution in [0.25, 0.3) is 5.65 Å². The van der Waals surface area contributed by atoms with Crippen molar-refractivity contribution in [3.63, 3.8) is 0 Å². The lowest BCUT2D eigenvalue weighted by Crippen LogP contribution is -2.45. The van der Waals surface area contributed by atoms with Crippen molar-refractivity contribution < 1.29 is 4.79 Å². The van der Waals surface area contributed by atoms with Crippen molar-refractivity contribution in [2.45, 2.75) is 26.7 Å². The summed E-state index contributed by atoms with van der Waals surface area (Å²) in [5, 5.41) is 17.4. The molecule has 1 amide bonds. The van der Waals surface area contributed by atoms with Gasteiger partial charge in [-0.25, -0.2) is 4.98 Å². The zero-order valence-corrected chi connectivity index (χ0v) is 17.1. The van der Waals surface area contributed by atoms with E-state index in [1.54, 1.807) is 28.9 Å². The summed E-state index contributed by atoms with van der Waals surface area (Å²) < 4.78 is 1.65. The molecule has 1 fully saturated rings. The lowest BCUT2D eigenvalue weighted by atomic mass is 9.79. The molecule has 7 nitrogen and oxygen atoms in total. The highest BCUT2D eigenvalue weighted by molar-refractivity contribution is 6.30. The number of carbonyl (C=O) groups is 1. The average molecular weight is 409 g/mol. The number of aryl methyl sites for hydroxylation is 1. The number of benzene rings is 1. The molecule has 1 aliphatic rings. The number of hydrogen-bond donors (Lipinski definition) is 1. The number of anilines is 2. The minimum atomic E-state index is -0.506. The first-order chi connectivity index (χ1) is 13.9. The van der Waals surface area contributed by atoms with Gasteiger partial charge < -0.3 is 10.2 Å². The molecule has 3 aromatic rings. The van der Waals surface area contributed by atoms with Crippen molar-refractivity contribution in [2.75, 3.05) is 23.3 Å². The fraction of sp³-hybridized carbons (Fsp3) is 0.333. The Labute approximate surface area is 173 Å². The number of halogens is 1. The molecule has 0 spiro atoms. The number of fused-ring (bicyclic) bond motifs is 1. The van der Waals surface area contributed by atoms with E-state index in [1.807, 2.05) is 26.0 Å². The minimum absolute atomic E-state index is 0.0329. The predicted molar refractivity (Wildman–Crippen MR) is 112 cm³/mol. The highest BCUT2D eigenvalue weighted by atomic mass is 35.5. The van der Waals surface area contributed by atoms with Gasteiger partial charge >= 0.3 is 0 Å². The molecule has 1 aromatic carbocycles. The second kappa shape index (κ2) is 7.37. The van der Waals surface area contributed by atoms with Gasteiger partial charge in [-0.05, 0) is 44.0 Å². The first kappa shape index (κ1) is 19.2. The van der Waals surface area contributed by atoms with Gasteiger partial charge in [0.05, 0.1) is 22.4 Å². The maximum Gasteiger partial charge on any atom is 0.231 e. The topological polar surface area (TPSA) is 86.3 Å². The van der Waals surface area contributed by atoms with E-state index in [2.05, 4.69) is 26.4 Å². The fourth-order valence-corrected chi connectivity index (χ4v) is 3.89. The van der Waals surface area contributed by atoms with Crippen molar-refractivity contribution >= 4 is 34.7 Å². The SMILES string of the molecule is Cc1cc2nccc(NC(=O)C3(C)CCN(c4ccc(Cl)cc4C#N)CC3)n2n1. The lowest BCUT2D eigenvalue weighted by molar-refractivity contribution is -0.125. The van der Waals surface area contributed by atoms with Crippen molar-refractivity contribution in [1.29, 1.82) is 5.26 Å². The van der Waals surface area contributed by atoms with Crippen LogP contribution in [0, 0.1) is 23.7 Å². The zero-order valence-electron chi connectivity index (χ0n) is 16.3. The van der Waals surface area contributed by atoms with Gasteiger partial charge in [0.1, 0.15) is 11.9 Å². The summed E-state index contributed by atoms with van der Waals surface area (Å²) in [6.07, 6.45) is 3.03. The van der Waals surface area contributed by atoms with Gasteiger partial charge in [0.2, 0.25) is 5.91 Å². The number of amides is 1. The van der Waals surface area contributed by atoms with Gasteiger partial charge in [-0.1, -0.05) is 18.5 Å². The van der Waals surface area contributed by atoms with Crippen molar-refractivity contribution in [3.05, 3.63) is 52.8 Å². The number of piperidine rings is 1. The number of aromatic nitrogens is 3. The third-order valence-electron chi connectivity index (χ3n) is 5.56. The van der Waals surface area contributed by atoms with E-state index < -0.39 is 5.41 Å². The van der Waals surface area contributed by atoms with Crippen LogP contribution < -0.4 is 10.2 Å². The van der Waals surface area contributed by atoms with E-state index in [-0.39, 0.29) is 5.91 Å². The number of hydrogen-bond acceptors (Lipinski definition) is 5. The molecule has 0 bridgehead atoms. The Morgan fingerprint density at radius 2 is 2.03 bits per heavy atom. The summed E-state index contributed by atoms with van der Waals surface area (Å²) >= 11 is 6.01. The first-order valence-electron chi connectivity index (χ1n) is 9.47. The van der Waals surface area contributed by atoms with Crippen molar-refractivity contribution in [2.24, 2.45) is 5.41 Å². The monoisotopic (exact) mass is 408 g/mol. The lowest BCUT2D eigenvalue weighted by Gasteiger charge is -2.39. The maximum absolute atomic E-state index is 13.1. The number of nitriles is 1. The summed E-state index contributed by atoms with van der Waals surface area (Å²) in [4.78, 5) is 19.5. The van der Waals surface area contributed by atoms with E-state index in [0.717, 1.165) is 11.4 Å². The highest BCUT2D eigenvalue weighted by Crippen LogP contribution is 2.35. The van der Waals surface area contributed by atoms with Crippen molar-refractivity contribution in [1.82, 2.24) is 14.6 Å². The van der Waals surface area contributed by atoms with Crippen LogP contribution in [-0.4, -0.2) is 33.6 Å². The Morgan fingerprint density at radius 1 is 1.28 bits per heavy atom. The Morgan fingerprint density at radius 3 is 2.76 bits per heavy atom. The number of nitrogens with one attached hydrogen (secondary N) is 1. The van der Waals surface area contributed by atoms with E-state index in [9.17, 15) is 10.1 Å². The highest BCUT2D eigenvalue weighted by Gasteiger charge is 2.37. The molecule has 2 aromatic heterocycles. The van der Waals surface area contributed by atoms with Crippen LogP contribution in [0.5, 0.6) is 0 Å². The maximum atomic E-state index is 13.1. The molecular formula is C21H21ClN6O. The van der Waals surface area contributed by atoms with Crippen LogP contribution in [-0.2, 0) is 4.79 Å². The molecule has 3 heterocycles. The molecule has 0 atom stereocenters. The number of carbonyl (C=O) groups excluding carboxylic acids is 1. The van der Waals surface area contributed by atoms with Gasteiger partial charge in [0, 0.05) is 30.4 Å². The molecule has 4 rings (SSSR count). The third kappa shape index (κ3) is 3.64. The van der Waals surface area contributed by atoms with Gasteiger partial charge in [-0.2, -0.15) is 14.9 Å². The summed E-state index contributed by atoms with van der Waals surface area (Å²) in [6, 6.07) is 11.2. The second-order valence-electron chi connectivity index (χ2n) is 7.66. The summed E-state index contributed by atoms with van der Waals surface area (Å²) in [6.45, 7) is 5.25. The Bertz CT molecular complexity index is 1120. The van der Waals surface area contributed by atoms with Crippen molar-refractivity contribution in [3.8, 4) is 6.07 Å². The van der Waals surface area contributed by atoms with Gasteiger partial charge in [0.15, 0.2) is 5.65 Å². The molecule has 8 heteroatoms.